The lowest BCUT2D eigenvalue weighted by molar-refractivity contribution is 0.136. The van der Waals surface area contributed by atoms with Gasteiger partial charge in [-0.1, -0.05) is 25.5 Å². The standard InChI is InChI=1S/C16H25NO3S/c1-3-12-8-9-17-14(10-12)11-16(18)13-4-6-15(7-5-13)21(2,19)20/h4-7,12,14,16-18H,3,8-11H2,1-2H3. The van der Waals surface area contributed by atoms with Crippen LogP contribution in [0.5, 0.6) is 0 Å². The Bertz CT molecular complexity index is 553. The van der Waals surface area contributed by atoms with E-state index in [-0.39, 0.29) is 0 Å². The molecule has 1 aliphatic heterocycles. The molecule has 0 spiro atoms. The summed E-state index contributed by atoms with van der Waals surface area (Å²) in [6, 6.07) is 6.89. The number of rotatable bonds is 5. The summed E-state index contributed by atoms with van der Waals surface area (Å²) >= 11 is 0. The van der Waals surface area contributed by atoms with Gasteiger partial charge >= 0.3 is 0 Å². The van der Waals surface area contributed by atoms with E-state index in [9.17, 15) is 13.5 Å². The molecule has 118 valence electrons. The molecule has 3 unspecified atom stereocenters. The Hall–Kier alpha value is -0.910. The molecule has 1 fully saturated rings. The van der Waals surface area contributed by atoms with E-state index >= 15 is 0 Å². The topological polar surface area (TPSA) is 66.4 Å². The summed E-state index contributed by atoms with van der Waals surface area (Å²) < 4.78 is 22.9. The van der Waals surface area contributed by atoms with Crippen molar-refractivity contribution < 1.29 is 13.5 Å². The lowest BCUT2D eigenvalue weighted by atomic mass is 9.87. The monoisotopic (exact) mass is 311 g/mol. The second-order valence-corrected chi connectivity index (χ2v) is 8.06. The molecule has 0 saturated carbocycles. The van der Waals surface area contributed by atoms with E-state index in [1.807, 2.05) is 0 Å². The van der Waals surface area contributed by atoms with Gasteiger partial charge < -0.3 is 10.4 Å². The fraction of sp³-hybridized carbons (Fsp3) is 0.625. The first-order valence-electron chi connectivity index (χ1n) is 7.61. The third-order valence-corrected chi connectivity index (χ3v) is 5.51. The molecule has 4 nitrogen and oxygen atoms in total. The van der Waals surface area contributed by atoms with E-state index in [1.54, 1.807) is 24.3 Å². The van der Waals surface area contributed by atoms with Gasteiger partial charge in [-0.05, 0) is 49.4 Å². The Labute approximate surface area is 127 Å². The van der Waals surface area contributed by atoms with Crippen LogP contribution >= 0.6 is 0 Å². The number of hydrogen-bond acceptors (Lipinski definition) is 4. The third kappa shape index (κ3) is 4.53. The maximum absolute atomic E-state index is 11.4. The first kappa shape index (κ1) is 16.5. The predicted molar refractivity (Wildman–Crippen MR) is 83.9 cm³/mol. The molecule has 3 atom stereocenters. The van der Waals surface area contributed by atoms with Crippen LogP contribution in [0.1, 0.15) is 44.3 Å². The molecular weight excluding hydrogens is 286 g/mol. The van der Waals surface area contributed by atoms with Gasteiger partial charge in [0.2, 0.25) is 0 Å². The maximum Gasteiger partial charge on any atom is 0.175 e. The average Bonchev–Trinajstić information content (AvgIpc) is 2.46. The zero-order chi connectivity index (χ0) is 15.5. The second-order valence-electron chi connectivity index (χ2n) is 6.04. The number of nitrogens with one attached hydrogen (secondary N) is 1. The van der Waals surface area contributed by atoms with E-state index in [2.05, 4.69) is 12.2 Å². The van der Waals surface area contributed by atoms with Crippen molar-refractivity contribution >= 4 is 9.84 Å². The molecule has 0 aromatic heterocycles. The van der Waals surface area contributed by atoms with Gasteiger partial charge in [0, 0.05) is 12.3 Å². The summed E-state index contributed by atoms with van der Waals surface area (Å²) in [5.41, 5.74) is 0.780. The second kappa shape index (κ2) is 6.90. The zero-order valence-corrected chi connectivity index (χ0v) is 13.6. The summed E-state index contributed by atoms with van der Waals surface area (Å²) in [4.78, 5) is 0.292. The summed E-state index contributed by atoms with van der Waals surface area (Å²) in [7, 11) is -3.18. The smallest absolute Gasteiger partial charge is 0.175 e. The van der Waals surface area contributed by atoms with Crippen molar-refractivity contribution in [3.8, 4) is 0 Å². The van der Waals surface area contributed by atoms with Crippen LogP contribution in [0.25, 0.3) is 0 Å². The van der Waals surface area contributed by atoms with Crippen molar-refractivity contribution in [3.63, 3.8) is 0 Å². The van der Waals surface area contributed by atoms with Crippen molar-refractivity contribution in [2.45, 2.75) is 49.6 Å². The van der Waals surface area contributed by atoms with Gasteiger partial charge in [-0.25, -0.2) is 8.42 Å². The molecule has 0 radical (unpaired) electrons. The highest BCUT2D eigenvalue weighted by Gasteiger charge is 2.23. The van der Waals surface area contributed by atoms with Crippen LogP contribution < -0.4 is 5.32 Å². The Morgan fingerprint density at radius 2 is 2.00 bits per heavy atom. The first-order chi connectivity index (χ1) is 9.90. The largest absolute Gasteiger partial charge is 0.388 e. The highest BCUT2D eigenvalue weighted by atomic mass is 32.2. The molecule has 1 aromatic carbocycles. The van der Waals surface area contributed by atoms with Crippen molar-refractivity contribution in [3.05, 3.63) is 29.8 Å². The molecule has 0 bridgehead atoms. The van der Waals surface area contributed by atoms with Gasteiger partial charge in [-0.2, -0.15) is 0 Å². The van der Waals surface area contributed by atoms with Gasteiger partial charge in [-0.3, -0.25) is 0 Å². The molecule has 1 saturated heterocycles. The van der Waals surface area contributed by atoms with Crippen molar-refractivity contribution in [1.29, 1.82) is 0 Å². The molecule has 2 N–H and O–H groups in total. The van der Waals surface area contributed by atoms with Crippen LogP contribution in [0.15, 0.2) is 29.2 Å². The van der Waals surface area contributed by atoms with Gasteiger partial charge in [0.15, 0.2) is 9.84 Å². The van der Waals surface area contributed by atoms with Gasteiger partial charge in [0.25, 0.3) is 0 Å². The molecule has 5 heteroatoms. The molecule has 21 heavy (non-hydrogen) atoms. The molecule has 1 heterocycles. The SMILES string of the molecule is CCC1CCNC(CC(O)c2ccc(S(C)(=O)=O)cc2)C1. The van der Waals surface area contributed by atoms with Crippen LogP contribution in [0.3, 0.4) is 0 Å². The molecule has 0 aliphatic carbocycles. The van der Waals surface area contributed by atoms with Crippen LogP contribution in [-0.4, -0.2) is 32.4 Å². The minimum Gasteiger partial charge on any atom is -0.388 e. The Balaban J connectivity index is 1.98. The highest BCUT2D eigenvalue weighted by Crippen LogP contribution is 2.26. The lowest BCUT2D eigenvalue weighted by Gasteiger charge is -2.31. The summed E-state index contributed by atoms with van der Waals surface area (Å²) in [6.07, 6.45) is 4.83. The Morgan fingerprint density at radius 1 is 1.33 bits per heavy atom. The molecule has 2 rings (SSSR count). The highest BCUT2D eigenvalue weighted by molar-refractivity contribution is 7.90. The van der Waals surface area contributed by atoms with Crippen molar-refractivity contribution in [1.82, 2.24) is 5.32 Å². The van der Waals surface area contributed by atoms with Crippen LogP contribution in [0.4, 0.5) is 0 Å². The quantitative estimate of drug-likeness (QED) is 0.875. The number of piperidine rings is 1. The number of benzene rings is 1. The van der Waals surface area contributed by atoms with Crippen LogP contribution in [0.2, 0.25) is 0 Å². The van der Waals surface area contributed by atoms with Crippen LogP contribution in [0, 0.1) is 5.92 Å². The van der Waals surface area contributed by atoms with E-state index < -0.39 is 15.9 Å². The molecule has 1 aromatic rings. The van der Waals surface area contributed by atoms with Gasteiger partial charge in [-0.15, -0.1) is 0 Å². The van der Waals surface area contributed by atoms with Crippen molar-refractivity contribution in [2.24, 2.45) is 5.92 Å². The molecule has 1 aliphatic rings. The van der Waals surface area contributed by atoms with Gasteiger partial charge in [0.05, 0.1) is 11.0 Å². The minimum absolute atomic E-state index is 0.292. The zero-order valence-electron chi connectivity index (χ0n) is 12.7. The lowest BCUT2D eigenvalue weighted by Crippen LogP contribution is -2.38. The average molecular weight is 311 g/mol. The first-order valence-corrected chi connectivity index (χ1v) is 9.50. The van der Waals surface area contributed by atoms with Crippen molar-refractivity contribution in [2.75, 3.05) is 12.8 Å². The summed E-state index contributed by atoms with van der Waals surface area (Å²) in [5.74, 6) is 0.746. The number of sulfone groups is 1. The van der Waals surface area contributed by atoms with E-state index in [1.165, 1.54) is 19.1 Å². The fourth-order valence-corrected chi connectivity index (χ4v) is 3.62. The summed E-state index contributed by atoms with van der Waals surface area (Å²) in [5, 5.41) is 13.8. The van der Waals surface area contributed by atoms with E-state index in [4.69, 9.17) is 0 Å². The predicted octanol–water partition coefficient (Wildman–Crippen LogP) is 2.29. The number of aliphatic hydroxyl groups excluding tert-OH is 1. The van der Waals surface area contributed by atoms with Gasteiger partial charge in [0.1, 0.15) is 0 Å². The minimum atomic E-state index is -3.18. The molecular formula is C16H25NO3S. The normalized spacial score (nSPS) is 24.7. The Morgan fingerprint density at radius 3 is 2.57 bits per heavy atom. The Kier molecular flexibility index (Phi) is 5.41. The van der Waals surface area contributed by atoms with E-state index in [0.29, 0.717) is 17.4 Å². The summed E-state index contributed by atoms with van der Waals surface area (Å²) in [6.45, 7) is 3.23. The van der Waals surface area contributed by atoms with E-state index in [0.717, 1.165) is 24.4 Å². The third-order valence-electron chi connectivity index (χ3n) is 4.38. The van der Waals surface area contributed by atoms with Crippen LogP contribution in [-0.2, 0) is 9.84 Å². The maximum atomic E-state index is 11.4. The number of aliphatic hydroxyl groups is 1. The fourth-order valence-electron chi connectivity index (χ4n) is 2.99. The number of hydrogen-bond donors (Lipinski definition) is 2. The molecule has 0 amide bonds.